The first-order valence-corrected chi connectivity index (χ1v) is 11.2. The fourth-order valence-electron chi connectivity index (χ4n) is 3.08. The van der Waals surface area contributed by atoms with Gasteiger partial charge in [0.2, 0.25) is 10.0 Å². The first kappa shape index (κ1) is 21.1. The fourth-order valence-corrected chi connectivity index (χ4v) is 4.52. The van der Waals surface area contributed by atoms with Gasteiger partial charge >= 0.3 is 6.03 Å². The minimum atomic E-state index is -3.51. The van der Waals surface area contributed by atoms with Gasteiger partial charge in [-0.05, 0) is 37.6 Å². The Morgan fingerprint density at radius 1 is 1.00 bits per heavy atom. The second-order valence-electron chi connectivity index (χ2n) is 6.95. The summed E-state index contributed by atoms with van der Waals surface area (Å²) in [5.74, 6) is 0.817. The molecular weight excluding hydrogens is 390 g/mol. The van der Waals surface area contributed by atoms with Crippen molar-refractivity contribution in [3.63, 3.8) is 0 Å². The van der Waals surface area contributed by atoms with Crippen molar-refractivity contribution in [2.75, 3.05) is 39.3 Å². The number of benzene rings is 2. The molecule has 0 aliphatic carbocycles. The van der Waals surface area contributed by atoms with Gasteiger partial charge in [0, 0.05) is 32.7 Å². The van der Waals surface area contributed by atoms with Crippen LogP contribution < -0.4 is 10.1 Å². The molecule has 29 heavy (non-hydrogen) atoms. The van der Waals surface area contributed by atoms with Gasteiger partial charge in [-0.3, -0.25) is 0 Å². The molecule has 8 heteroatoms. The predicted octanol–water partition coefficient (Wildman–Crippen LogP) is 2.48. The van der Waals surface area contributed by atoms with Gasteiger partial charge in [0.15, 0.2) is 0 Å². The van der Waals surface area contributed by atoms with Gasteiger partial charge in [-0.1, -0.05) is 35.9 Å². The normalized spacial score (nSPS) is 15.1. The average molecular weight is 418 g/mol. The van der Waals surface area contributed by atoms with Crippen LogP contribution >= 0.6 is 0 Å². The molecule has 0 radical (unpaired) electrons. The van der Waals surface area contributed by atoms with Crippen LogP contribution in [0.5, 0.6) is 5.75 Å². The highest BCUT2D eigenvalue weighted by Crippen LogP contribution is 2.17. The SMILES string of the molecule is Cc1ccc(OCCCNC(=O)N2CCN(S(=O)(=O)c3ccccc3)CC2)cc1. The molecule has 0 aromatic heterocycles. The van der Waals surface area contributed by atoms with E-state index in [4.69, 9.17) is 4.74 Å². The van der Waals surface area contributed by atoms with E-state index in [-0.39, 0.29) is 10.9 Å². The minimum absolute atomic E-state index is 0.169. The lowest BCUT2D eigenvalue weighted by molar-refractivity contribution is 0.171. The first-order valence-electron chi connectivity index (χ1n) is 9.74. The van der Waals surface area contributed by atoms with Crippen molar-refractivity contribution in [1.29, 1.82) is 0 Å². The number of carbonyl (C=O) groups is 1. The Kier molecular flexibility index (Phi) is 7.11. The van der Waals surface area contributed by atoms with Gasteiger partial charge in [-0.15, -0.1) is 0 Å². The number of nitrogens with one attached hydrogen (secondary N) is 1. The lowest BCUT2D eigenvalue weighted by Gasteiger charge is -2.34. The number of nitrogens with zero attached hydrogens (tertiary/aromatic N) is 2. The molecular formula is C21H27N3O4S. The Morgan fingerprint density at radius 3 is 2.31 bits per heavy atom. The summed E-state index contributed by atoms with van der Waals surface area (Å²) in [7, 11) is -3.51. The molecule has 7 nitrogen and oxygen atoms in total. The van der Waals surface area contributed by atoms with E-state index in [1.807, 2.05) is 31.2 Å². The molecule has 0 saturated carbocycles. The molecule has 2 aromatic rings. The van der Waals surface area contributed by atoms with Crippen LogP contribution in [-0.2, 0) is 10.0 Å². The van der Waals surface area contributed by atoms with Gasteiger partial charge in [0.05, 0.1) is 11.5 Å². The monoisotopic (exact) mass is 417 g/mol. The van der Waals surface area contributed by atoms with Crippen molar-refractivity contribution in [3.05, 3.63) is 60.2 Å². The van der Waals surface area contributed by atoms with E-state index in [1.54, 1.807) is 35.2 Å². The maximum Gasteiger partial charge on any atom is 0.317 e. The van der Waals surface area contributed by atoms with Crippen LogP contribution in [0.1, 0.15) is 12.0 Å². The number of ether oxygens (including phenoxy) is 1. The van der Waals surface area contributed by atoms with Crippen LogP contribution in [0.3, 0.4) is 0 Å². The third-order valence-corrected chi connectivity index (χ3v) is 6.71. The van der Waals surface area contributed by atoms with Crippen LogP contribution in [0.25, 0.3) is 0 Å². The number of aryl methyl sites for hydroxylation is 1. The number of sulfonamides is 1. The lowest BCUT2D eigenvalue weighted by Crippen LogP contribution is -2.53. The third-order valence-electron chi connectivity index (χ3n) is 4.79. The fraction of sp³-hybridized carbons (Fsp3) is 0.381. The second kappa shape index (κ2) is 9.76. The highest BCUT2D eigenvalue weighted by atomic mass is 32.2. The zero-order valence-corrected chi connectivity index (χ0v) is 17.4. The number of carbonyl (C=O) groups excluding carboxylic acids is 1. The van der Waals surface area contributed by atoms with Crippen LogP contribution in [0.2, 0.25) is 0 Å². The molecule has 156 valence electrons. The summed E-state index contributed by atoms with van der Waals surface area (Å²) in [6.07, 6.45) is 0.696. The van der Waals surface area contributed by atoms with E-state index in [1.165, 1.54) is 9.87 Å². The topological polar surface area (TPSA) is 79.0 Å². The maximum absolute atomic E-state index is 12.6. The van der Waals surface area contributed by atoms with Crippen molar-refractivity contribution < 1.29 is 17.9 Å². The van der Waals surface area contributed by atoms with Crippen LogP contribution in [0, 0.1) is 6.92 Å². The Hall–Kier alpha value is -2.58. The van der Waals surface area contributed by atoms with E-state index < -0.39 is 10.0 Å². The van der Waals surface area contributed by atoms with Gasteiger partial charge in [-0.2, -0.15) is 4.31 Å². The minimum Gasteiger partial charge on any atom is -0.494 e. The summed E-state index contributed by atoms with van der Waals surface area (Å²) in [5, 5.41) is 2.87. The van der Waals surface area contributed by atoms with Crippen LogP contribution in [0.4, 0.5) is 4.79 Å². The van der Waals surface area contributed by atoms with Crippen molar-refractivity contribution in [1.82, 2.24) is 14.5 Å². The predicted molar refractivity (Wildman–Crippen MR) is 111 cm³/mol. The molecule has 1 saturated heterocycles. The third kappa shape index (κ3) is 5.71. The Balaban J connectivity index is 1.37. The van der Waals surface area contributed by atoms with Gasteiger partial charge in [0.1, 0.15) is 5.75 Å². The molecule has 1 fully saturated rings. The largest absolute Gasteiger partial charge is 0.494 e. The Labute approximate surface area is 172 Å². The summed E-state index contributed by atoms with van der Waals surface area (Å²) in [4.78, 5) is 14.2. The number of urea groups is 1. The molecule has 2 aromatic carbocycles. The second-order valence-corrected chi connectivity index (χ2v) is 8.89. The number of amides is 2. The molecule has 0 unspecified atom stereocenters. The molecule has 3 rings (SSSR count). The van der Waals surface area contributed by atoms with Crippen molar-refractivity contribution in [2.45, 2.75) is 18.2 Å². The summed E-state index contributed by atoms with van der Waals surface area (Å²) in [6, 6.07) is 16.1. The maximum atomic E-state index is 12.6. The summed E-state index contributed by atoms with van der Waals surface area (Å²) >= 11 is 0. The zero-order valence-electron chi connectivity index (χ0n) is 16.6. The van der Waals surface area contributed by atoms with E-state index in [9.17, 15) is 13.2 Å². The molecule has 0 spiro atoms. The number of hydrogen-bond donors (Lipinski definition) is 1. The van der Waals surface area contributed by atoms with Crippen LogP contribution in [-0.4, -0.2) is 63.0 Å². The molecule has 2 amide bonds. The highest BCUT2D eigenvalue weighted by molar-refractivity contribution is 7.89. The van der Waals surface area contributed by atoms with Crippen molar-refractivity contribution >= 4 is 16.1 Å². The smallest absolute Gasteiger partial charge is 0.317 e. The van der Waals surface area contributed by atoms with Crippen molar-refractivity contribution in [2.24, 2.45) is 0 Å². The van der Waals surface area contributed by atoms with Crippen molar-refractivity contribution in [3.8, 4) is 5.75 Å². The molecule has 1 heterocycles. The number of piperazine rings is 1. The summed E-state index contributed by atoms with van der Waals surface area (Å²) < 4.78 is 32.3. The first-order chi connectivity index (χ1) is 14.0. The Morgan fingerprint density at radius 2 is 1.66 bits per heavy atom. The summed E-state index contributed by atoms with van der Waals surface area (Å²) in [5.41, 5.74) is 1.18. The highest BCUT2D eigenvalue weighted by Gasteiger charge is 2.29. The molecule has 1 N–H and O–H groups in total. The number of rotatable bonds is 7. The van der Waals surface area contributed by atoms with E-state index >= 15 is 0 Å². The van der Waals surface area contributed by atoms with Gasteiger partial charge in [0.25, 0.3) is 0 Å². The molecule has 1 aliphatic heterocycles. The molecule has 1 aliphatic rings. The number of hydrogen-bond acceptors (Lipinski definition) is 4. The average Bonchev–Trinajstić information content (AvgIpc) is 2.75. The van der Waals surface area contributed by atoms with E-state index in [2.05, 4.69) is 5.32 Å². The van der Waals surface area contributed by atoms with Gasteiger partial charge < -0.3 is 15.0 Å². The van der Waals surface area contributed by atoms with E-state index in [0.717, 1.165) is 5.75 Å². The Bertz CT molecular complexity index is 893. The standard InChI is InChI=1S/C21H27N3O4S/c1-18-8-10-19(11-9-18)28-17-5-12-22-21(25)23-13-15-24(16-14-23)29(26,27)20-6-3-2-4-7-20/h2-4,6-11H,5,12-17H2,1H3,(H,22,25). The zero-order chi connectivity index (χ0) is 20.7. The van der Waals surface area contributed by atoms with Crippen LogP contribution in [0.15, 0.2) is 59.5 Å². The summed E-state index contributed by atoms with van der Waals surface area (Å²) in [6.45, 7) is 4.38. The quantitative estimate of drug-likeness (QED) is 0.702. The molecule has 0 bridgehead atoms. The van der Waals surface area contributed by atoms with Gasteiger partial charge in [-0.25, -0.2) is 13.2 Å². The molecule has 0 atom stereocenters. The van der Waals surface area contributed by atoms with E-state index in [0.29, 0.717) is 45.8 Å². The lowest BCUT2D eigenvalue weighted by atomic mass is 10.2.